The van der Waals surface area contributed by atoms with Crippen LogP contribution in [0.5, 0.6) is 5.88 Å². The zero-order valence-corrected chi connectivity index (χ0v) is 14.1. The second-order valence-corrected chi connectivity index (χ2v) is 6.37. The minimum Gasteiger partial charge on any atom is -0.478 e. The van der Waals surface area contributed by atoms with Crippen LogP contribution in [-0.2, 0) is 5.41 Å². The molecule has 1 unspecified atom stereocenters. The standard InChI is InChI=1S/C18H25N3O/c1-6-22-16-12-15(20-17(21-16)18(3,4)5)19-13(2)14-10-8-7-9-11-14/h7-13H,6H2,1-5H3,(H,19,20,21). The SMILES string of the molecule is CCOc1cc(NC(C)c2ccccc2)nc(C(C)(C)C)n1. The molecule has 0 radical (unpaired) electrons. The molecule has 4 heteroatoms. The molecule has 0 amide bonds. The summed E-state index contributed by atoms with van der Waals surface area (Å²) < 4.78 is 5.58. The van der Waals surface area contributed by atoms with Crippen molar-refractivity contribution in [2.45, 2.75) is 46.1 Å². The number of ether oxygens (including phenoxy) is 1. The Balaban J connectivity index is 2.28. The number of aromatic nitrogens is 2. The molecular weight excluding hydrogens is 274 g/mol. The molecule has 0 fully saturated rings. The number of rotatable bonds is 5. The molecule has 0 bridgehead atoms. The van der Waals surface area contributed by atoms with Gasteiger partial charge in [-0.25, -0.2) is 4.98 Å². The number of nitrogens with one attached hydrogen (secondary N) is 1. The van der Waals surface area contributed by atoms with Gasteiger partial charge in [-0.15, -0.1) is 0 Å². The van der Waals surface area contributed by atoms with E-state index in [9.17, 15) is 0 Å². The Bertz CT molecular complexity index is 605. The third kappa shape index (κ3) is 4.20. The second-order valence-electron chi connectivity index (χ2n) is 6.37. The van der Waals surface area contributed by atoms with Gasteiger partial charge in [0.2, 0.25) is 5.88 Å². The predicted molar refractivity (Wildman–Crippen MR) is 90.4 cm³/mol. The molecule has 0 aliphatic rings. The zero-order valence-electron chi connectivity index (χ0n) is 14.1. The summed E-state index contributed by atoms with van der Waals surface area (Å²) in [5.41, 5.74) is 1.09. The van der Waals surface area contributed by atoms with Gasteiger partial charge in [0.15, 0.2) is 0 Å². The maximum atomic E-state index is 5.58. The highest BCUT2D eigenvalue weighted by molar-refractivity contribution is 5.42. The first kappa shape index (κ1) is 16.3. The lowest BCUT2D eigenvalue weighted by Crippen LogP contribution is -2.18. The Hall–Kier alpha value is -2.10. The molecule has 1 aromatic carbocycles. The molecular formula is C18H25N3O. The molecule has 22 heavy (non-hydrogen) atoms. The molecule has 0 aliphatic carbocycles. The highest BCUT2D eigenvalue weighted by Crippen LogP contribution is 2.25. The van der Waals surface area contributed by atoms with Gasteiger partial charge in [0.1, 0.15) is 11.6 Å². The van der Waals surface area contributed by atoms with Crippen LogP contribution in [0.1, 0.15) is 52.0 Å². The summed E-state index contributed by atoms with van der Waals surface area (Å²) in [6.07, 6.45) is 0. The van der Waals surface area contributed by atoms with E-state index in [0.717, 1.165) is 11.6 Å². The Morgan fingerprint density at radius 1 is 1.14 bits per heavy atom. The Kier molecular flexibility index (Phi) is 5.01. The summed E-state index contributed by atoms with van der Waals surface area (Å²) in [7, 11) is 0. The van der Waals surface area contributed by atoms with Crippen LogP contribution in [-0.4, -0.2) is 16.6 Å². The minimum atomic E-state index is -0.125. The number of hydrogen-bond acceptors (Lipinski definition) is 4. The van der Waals surface area contributed by atoms with Crippen LogP contribution < -0.4 is 10.1 Å². The Morgan fingerprint density at radius 2 is 1.82 bits per heavy atom. The van der Waals surface area contributed by atoms with E-state index in [1.54, 1.807) is 0 Å². The van der Waals surface area contributed by atoms with Crippen LogP contribution in [0, 0.1) is 0 Å². The highest BCUT2D eigenvalue weighted by Gasteiger charge is 2.20. The molecule has 4 nitrogen and oxygen atoms in total. The number of benzene rings is 1. The van der Waals surface area contributed by atoms with E-state index in [4.69, 9.17) is 4.74 Å². The van der Waals surface area contributed by atoms with Crippen molar-refractivity contribution in [1.82, 2.24) is 9.97 Å². The summed E-state index contributed by atoms with van der Waals surface area (Å²) in [4.78, 5) is 9.15. The predicted octanol–water partition coefficient (Wildman–Crippen LogP) is 4.35. The normalized spacial score (nSPS) is 12.8. The maximum Gasteiger partial charge on any atom is 0.218 e. The van der Waals surface area contributed by atoms with E-state index in [1.165, 1.54) is 5.56 Å². The third-order valence-corrected chi connectivity index (χ3v) is 3.33. The fourth-order valence-corrected chi connectivity index (χ4v) is 2.10. The Labute approximate surface area is 133 Å². The average molecular weight is 299 g/mol. The van der Waals surface area contributed by atoms with E-state index < -0.39 is 0 Å². The lowest BCUT2D eigenvalue weighted by Gasteiger charge is -2.20. The van der Waals surface area contributed by atoms with Gasteiger partial charge in [-0.1, -0.05) is 51.1 Å². The van der Waals surface area contributed by atoms with Crippen LogP contribution in [0.2, 0.25) is 0 Å². The second kappa shape index (κ2) is 6.77. The van der Waals surface area contributed by atoms with E-state index in [0.29, 0.717) is 12.5 Å². The lowest BCUT2D eigenvalue weighted by molar-refractivity contribution is 0.322. The highest BCUT2D eigenvalue weighted by atomic mass is 16.5. The van der Waals surface area contributed by atoms with Gasteiger partial charge in [0.25, 0.3) is 0 Å². The fourth-order valence-electron chi connectivity index (χ4n) is 2.10. The van der Waals surface area contributed by atoms with Gasteiger partial charge in [0, 0.05) is 17.5 Å². The van der Waals surface area contributed by atoms with Gasteiger partial charge in [0.05, 0.1) is 6.61 Å². The van der Waals surface area contributed by atoms with Crippen molar-refractivity contribution in [2.75, 3.05) is 11.9 Å². The van der Waals surface area contributed by atoms with Gasteiger partial charge < -0.3 is 10.1 Å². The molecule has 0 aliphatic heterocycles. The van der Waals surface area contributed by atoms with E-state index in [2.05, 4.69) is 55.1 Å². The molecule has 118 valence electrons. The van der Waals surface area contributed by atoms with Crippen molar-refractivity contribution in [3.8, 4) is 5.88 Å². The molecule has 0 saturated heterocycles. The molecule has 2 rings (SSSR count). The average Bonchev–Trinajstić information content (AvgIpc) is 2.47. The van der Waals surface area contributed by atoms with Gasteiger partial charge in [-0.05, 0) is 19.4 Å². The molecule has 2 aromatic rings. The van der Waals surface area contributed by atoms with E-state index in [-0.39, 0.29) is 11.5 Å². The Morgan fingerprint density at radius 3 is 2.41 bits per heavy atom. The van der Waals surface area contributed by atoms with Crippen LogP contribution in [0.4, 0.5) is 5.82 Å². The number of hydrogen-bond donors (Lipinski definition) is 1. The summed E-state index contributed by atoms with van der Waals surface area (Å²) in [5.74, 6) is 2.19. The van der Waals surface area contributed by atoms with Crippen molar-refractivity contribution >= 4 is 5.82 Å². The summed E-state index contributed by atoms with van der Waals surface area (Å²) >= 11 is 0. The van der Waals surface area contributed by atoms with Crippen LogP contribution in [0.15, 0.2) is 36.4 Å². The monoisotopic (exact) mass is 299 g/mol. The van der Waals surface area contributed by atoms with Gasteiger partial charge >= 0.3 is 0 Å². The topological polar surface area (TPSA) is 47.0 Å². The van der Waals surface area contributed by atoms with Crippen molar-refractivity contribution in [1.29, 1.82) is 0 Å². The minimum absolute atomic E-state index is 0.125. The van der Waals surface area contributed by atoms with E-state index >= 15 is 0 Å². The van der Waals surface area contributed by atoms with Gasteiger partial charge in [-0.2, -0.15) is 4.98 Å². The van der Waals surface area contributed by atoms with Crippen LogP contribution >= 0.6 is 0 Å². The third-order valence-electron chi connectivity index (χ3n) is 3.33. The van der Waals surface area contributed by atoms with Crippen LogP contribution in [0.3, 0.4) is 0 Å². The summed E-state index contributed by atoms with van der Waals surface area (Å²) in [6.45, 7) is 11.0. The van der Waals surface area contributed by atoms with Crippen molar-refractivity contribution < 1.29 is 4.74 Å². The first-order valence-electron chi connectivity index (χ1n) is 7.74. The quantitative estimate of drug-likeness (QED) is 0.892. The van der Waals surface area contributed by atoms with Crippen molar-refractivity contribution in [2.24, 2.45) is 0 Å². The number of nitrogens with zero attached hydrogens (tertiary/aromatic N) is 2. The molecule has 1 N–H and O–H groups in total. The lowest BCUT2D eigenvalue weighted by atomic mass is 9.96. The molecule has 1 atom stereocenters. The fraction of sp³-hybridized carbons (Fsp3) is 0.444. The summed E-state index contributed by atoms with van der Waals surface area (Å²) in [5, 5.41) is 3.44. The van der Waals surface area contributed by atoms with Gasteiger partial charge in [-0.3, -0.25) is 0 Å². The first-order valence-corrected chi connectivity index (χ1v) is 7.74. The zero-order chi connectivity index (χ0) is 16.2. The largest absolute Gasteiger partial charge is 0.478 e. The molecule has 0 saturated carbocycles. The first-order chi connectivity index (χ1) is 10.4. The van der Waals surface area contributed by atoms with Crippen molar-refractivity contribution in [3.05, 3.63) is 47.8 Å². The van der Waals surface area contributed by atoms with Crippen LogP contribution in [0.25, 0.3) is 0 Å². The maximum absolute atomic E-state index is 5.58. The molecule has 1 aromatic heterocycles. The smallest absolute Gasteiger partial charge is 0.218 e. The number of anilines is 1. The molecule has 0 spiro atoms. The summed E-state index contributed by atoms with van der Waals surface area (Å²) in [6, 6.07) is 12.3. The molecule has 1 heterocycles. The van der Waals surface area contributed by atoms with Crippen molar-refractivity contribution in [3.63, 3.8) is 0 Å². The van der Waals surface area contributed by atoms with E-state index in [1.807, 2.05) is 31.2 Å².